The number of nitrogens with two attached hydrogens (primary N) is 2. The Hall–Kier alpha value is -1.32. The minimum absolute atomic E-state index is 0.211. The van der Waals surface area contributed by atoms with E-state index in [1.807, 2.05) is 6.92 Å². The molecule has 0 fully saturated rings. The zero-order valence-electron chi connectivity index (χ0n) is 6.67. The molecule has 2 amide bonds. The SMILES string of the molecule is C=CC(N)=O.CCCC(N)=O. The van der Waals surface area contributed by atoms with Crippen molar-refractivity contribution in [3.05, 3.63) is 12.7 Å². The van der Waals surface area contributed by atoms with Crippen molar-refractivity contribution in [3.8, 4) is 0 Å². The number of hydrogen-bond donors (Lipinski definition) is 2. The first-order chi connectivity index (χ1) is 5.04. The molecule has 0 saturated carbocycles. The van der Waals surface area contributed by atoms with Gasteiger partial charge >= 0.3 is 0 Å². The molecule has 0 bridgehead atoms. The molecular weight excluding hydrogens is 144 g/mol. The Morgan fingerprint density at radius 2 is 1.82 bits per heavy atom. The molecule has 0 aliphatic carbocycles. The fraction of sp³-hybridized carbons (Fsp3) is 0.429. The topological polar surface area (TPSA) is 86.2 Å². The van der Waals surface area contributed by atoms with Crippen LogP contribution in [0.15, 0.2) is 12.7 Å². The molecule has 0 rings (SSSR count). The second kappa shape index (κ2) is 8.68. The maximum absolute atomic E-state index is 9.82. The quantitative estimate of drug-likeness (QED) is 0.563. The molecule has 0 saturated heterocycles. The first-order valence-corrected chi connectivity index (χ1v) is 3.24. The predicted molar refractivity (Wildman–Crippen MR) is 43.5 cm³/mol. The van der Waals surface area contributed by atoms with Crippen LogP contribution in [0.1, 0.15) is 19.8 Å². The monoisotopic (exact) mass is 158 g/mol. The summed E-state index contributed by atoms with van der Waals surface area (Å²) in [5.74, 6) is -0.692. The van der Waals surface area contributed by atoms with Gasteiger partial charge in [-0.3, -0.25) is 9.59 Å². The lowest BCUT2D eigenvalue weighted by Gasteiger charge is -1.81. The van der Waals surface area contributed by atoms with Crippen LogP contribution in [-0.2, 0) is 9.59 Å². The molecule has 4 nitrogen and oxygen atoms in total. The van der Waals surface area contributed by atoms with E-state index in [4.69, 9.17) is 5.73 Å². The maximum Gasteiger partial charge on any atom is 0.240 e. The van der Waals surface area contributed by atoms with E-state index in [0.29, 0.717) is 6.42 Å². The average molecular weight is 158 g/mol. The van der Waals surface area contributed by atoms with E-state index in [2.05, 4.69) is 12.3 Å². The van der Waals surface area contributed by atoms with Gasteiger partial charge in [-0.05, 0) is 12.5 Å². The van der Waals surface area contributed by atoms with Crippen molar-refractivity contribution in [1.82, 2.24) is 0 Å². The molecular formula is C7H14N2O2. The molecule has 0 heterocycles. The summed E-state index contributed by atoms with van der Waals surface area (Å²) in [5, 5.41) is 0. The van der Waals surface area contributed by atoms with E-state index in [1.165, 1.54) is 0 Å². The Morgan fingerprint density at radius 3 is 1.82 bits per heavy atom. The Balaban J connectivity index is 0. The smallest absolute Gasteiger partial charge is 0.240 e. The first-order valence-electron chi connectivity index (χ1n) is 3.24. The van der Waals surface area contributed by atoms with Crippen molar-refractivity contribution in [1.29, 1.82) is 0 Å². The first kappa shape index (κ1) is 12.4. The van der Waals surface area contributed by atoms with Crippen LogP contribution in [0.25, 0.3) is 0 Å². The molecule has 4 heteroatoms. The molecule has 0 aliphatic rings. The van der Waals surface area contributed by atoms with Gasteiger partial charge in [0.1, 0.15) is 0 Å². The Morgan fingerprint density at radius 1 is 1.45 bits per heavy atom. The molecule has 0 spiro atoms. The number of primary amides is 2. The maximum atomic E-state index is 9.82. The van der Waals surface area contributed by atoms with Crippen LogP contribution >= 0.6 is 0 Å². The number of carbonyl (C=O) groups excluding carboxylic acids is 2. The van der Waals surface area contributed by atoms with Crippen molar-refractivity contribution in [2.24, 2.45) is 11.5 Å². The summed E-state index contributed by atoms with van der Waals surface area (Å²) in [7, 11) is 0. The van der Waals surface area contributed by atoms with E-state index < -0.39 is 5.91 Å². The lowest BCUT2D eigenvalue weighted by Crippen LogP contribution is -2.08. The van der Waals surface area contributed by atoms with Gasteiger partial charge < -0.3 is 11.5 Å². The van der Waals surface area contributed by atoms with Crippen LogP contribution in [0.3, 0.4) is 0 Å². The molecule has 0 atom stereocenters. The molecule has 0 aliphatic heterocycles. The van der Waals surface area contributed by atoms with Crippen molar-refractivity contribution in [3.63, 3.8) is 0 Å². The normalized spacial score (nSPS) is 7.36. The molecule has 64 valence electrons. The van der Waals surface area contributed by atoms with Crippen molar-refractivity contribution in [2.75, 3.05) is 0 Å². The molecule has 0 aromatic heterocycles. The van der Waals surface area contributed by atoms with Gasteiger partial charge in [0.15, 0.2) is 0 Å². The minimum atomic E-state index is -0.481. The highest BCUT2D eigenvalue weighted by Gasteiger charge is 1.84. The zero-order chi connectivity index (χ0) is 9.28. The molecule has 11 heavy (non-hydrogen) atoms. The van der Waals surface area contributed by atoms with Crippen LogP contribution in [-0.4, -0.2) is 11.8 Å². The number of rotatable bonds is 3. The molecule has 0 radical (unpaired) electrons. The van der Waals surface area contributed by atoms with Crippen LogP contribution in [0.4, 0.5) is 0 Å². The van der Waals surface area contributed by atoms with Crippen molar-refractivity contribution < 1.29 is 9.59 Å². The highest BCUT2D eigenvalue weighted by molar-refractivity contribution is 5.84. The van der Waals surface area contributed by atoms with Crippen molar-refractivity contribution in [2.45, 2.75) is 19.8 Å². The zero-order valence-corrected chi connectivity index (χ0v) is 6.67. The van der Waals surface area contributed by atoms with E-state index in [0.717, 1.165) is 12.5 Å². The third kappa shape index (κ3) is 28.6. The van der Waals surface area contributed by atoms with E-state index in [-0.39, 0.29) is 5.91 Å². The largest absolute Gasteiger partial charge is 0.370 e. The second-order valence-corrected chi connectivity index (χ2v) is 1.82. The summed E-state index contributed by atoms with van der Waals surface area (Å²) < 4.78 is 0. The van der Waals surface area contributed by atoms with E-state index in [9.17, 15) is 9.59 Å². The minimum Gasteiger partial charge on any atom is -0.370 e. The summed E-state index contributed by atoms with van der Waals surface area (Å²) >= 11 is 0. The third-order valence-electron chi connectivity index (χ3n) is 0.698. The van der Waals surface area contributed by atoms with Gasteiger partial charge in [0.25, 0.3) is 0 Å². The summed E-state index contributed by atoms with van der Waals surface area (Å²) in [4.78, 5) is 19.3. The summed E-state index contributed by atoms with van der Waals surface area (Å²) in [6.07, 6.45) is 2.43. The number of hydrogen-bond acceptors (Lipinski definition) is 2. The lowest BCUT2D eigenvalue weighted by atomic mass is 10.3. The fourth-order valence-corrected chi connectivity index (χ4v) is 0.246. The fourth-order valence-electron chi connectivity index (χ4n) is 0.246. The van der Waals surface area contributed by atoms with Gasteiger partial charge in [0, 0.05) is 6.42 Å². The second-order valence-electron chi connectivity index (χ2n) is 1.82. The van der Waals surface area contributed by atoms with Crippen LogP contribution in [0.5, 0.6) is 0 Å². The molecule has 4 N–H and O–H groups in total. The Kier molecular flexibility index (Phi) is 9.76. The molecule has 0 aromatic rings. The summed E-state index contributed by atoms with van der Waals surface area (Å²) in [6, 6.07) is 0. The van der Waals surface area contributed by atoms with Gasteiger partial charge in [-0.15, -0.1) is 0 Å². The number of carbonyl (C=O) groups is 2. The third-order valence-corrected chi connectivity index (χ3v) is 0.698. The average Bonchev–Trinajstić information content (AvgIpc) is 1.89. The van der Waals surface area contributed by atoms with Gasteiger partial charge in [-0.2, -0.15) is 0 Å². The van der Waals surface area contributed by atoms with Crippen LogP contribution < -0.4 is 11.5 Å². The summed E-state index contributed by atoms with van der Waals surface area (Å²) in [5.41, 5.74) is 9.30. The Bertz CT molecular complexity index is 143. The van der Waals surface area contributed by atoms with E-state index >= 15 is 0 Å². The van der Waals surface area contributed by atoms with E-state index in [1.54, 1.807) is 0 Å². The highest BCUT2D eigenvalue weighted by Crippen LogP contribution is 1.79. The Labute approximate surface area is 66.2 Å². The van der Waals surface area contributed by atoms with Gasteiger partial charge in [0.05, 0.1) is 0 Å². The van der Waals surface area contributed by atoms with Gasteiger partial charge in [-0.1, -0.05) is 13.5 Å². The van der Waals surface area contributed by atoms with Crippen LogP contribution in [0, 0.1) is 0 Å². The lowest BCUT2D eigenvalue weighted by molar-refractivity contribution is -0.118. The summed E-state index contributed by atoms with van der Waals surface area (Å²) in [6.45, 7) is 5.01. The number of amides is 2. The standard InChI is InChI=1S/C4H9NO.C3H5NO/c1-2-3-4(5)6;1-2-3(4)5/h2-3H2,1H3,(H2,5,6);2H,1H2,(H2,4,5). The molecule has 0 unspecified atom stereocenters. The predicted octanol–water partition coefficient (Wildman–Crippen LogP) is -0.0705. The van der Waals surface area contributed by atoms with Gasteiger partial charge in [0.2, 0.25) is 11.8 Å². The van der Waals surface area contributed by atoms with Crippen LogP contribution in [0.2, 0.25) is 0 Å². The highest BCUT2D eigenvalue weighted by atomic mass is 16.1. The van der Waals surface area contributed by atoms with Crippen molar-refractivity contribution >= 4 is 11.8 Å². The molecule has 0 aromatic carbocycles. The van der Waals surface area contributed by atoms with Gasteiger partial charge in [-0.25, -0.2) is 0 Å².